The van der Waals surface area contributed by atoms with Gasteiger partial charge in [-0.2, -0.15) is 0 Å². The van der Waals surface area contributed by atoms with E-state index in [1.165, 1.54) is 24.9 Å². The van der Waals surface area contributed by atoms with Gasteiger partial charge in [0.05, 0.1) is 25.6 Å². The molecule has 0 saturated carbocycles. The van der Waals surface area contributed by atoms with Crippen molar-refractivity contribution < 1.29 is 14.3 Å². The van der Waals surface area contributed by atoms with E-state index in [-0.39, 0.29) is 5.78 Å². The van der Waals surface area contributed by atoms with Crippen molar-refractivity contribution in [1.29, 1.82) is 0 Å². The maximum Gasteiger partial charge on any atom is 0.182 e. The molecular weight excluding hydrogens is 298 g/mol. The van der Waals surface area contributed by atoms with Crippen LogP contribution in [-0.4, -0.2) is 25.4 Å². The van der Waals surface area contributed by atoms with E-state index in [1.807, 2.05) is 18.2 Å². The molecule has 0 spiro atoms. The predicted molar refractivity (Wildman–Crippen MR) is 79.2 cm³/mol. The molecule has 3 rings (SSSR count). The number of carbonyl (C=O) groups is 1. The fourth-order valence-corrected chi connectivity index (χ4v) is 3.53. The molecule has 1 atom stereocenters. The van der Waals surface area contributed by atoms with Crippen LogP contribution >= 0.6 is 23.4 Å². The van der Waals surface area contributed by atoms with E-state index >= 15 is 0 Å². The number of carbonyl (C=O) groups excluding carboxylic acids is 1. The number of nitrogens with one attached hydrogen (secondary N) is 1. The van der Waals surface area contributed by atoms with E-state index < -0.39 is 5.38 Å². The van der Waals surface area contributed by atoms with Gasteiger partial charge in [0.1, 0.15) is 16.9 Å². The van der Waals surface area contributed by atoms with Crippen LogP contribution in [0.25, 0.3) is 0 Å². The minimum Gasteiger partial charge on any atom is -0.497 e. The molecule has 1 aliphatic heterocycles. The molecule has 6 heteroatoms. The molecule has 4 nitrogen and oxygen atoms in total. The Kier molecular flexibility index (Phi) is 3.40. The van der Waals surface area contributed by atoms with Gasteiger partial charge in [-0.3, -0.25) is 4.79 Å². The molecule has 20 heavy (non-hydrogen) atoms. The number of ketones is 1. The van der Waals surface area contributed by atoms with Gasteiger partial charge in [-0.1, -0.05) is 11.8 Å². The number of allylic oxidation sites excluding steroid dienone is 2. The molecule has 0 aromatic heterocycles. The number of benzene rings is 1. The van der Waals surface area contributed by atoms with Gasteiger partial charge in [-0.15, -0.1) is 11.6 Å². The fraction of sp³-hybridized carbons (Fsp3) is 0.214. The first kappa shape index (κ1) is 13.4. The minimum absolute atomic E-state index is 0.164. The van der Waals surface area contributed by atoms with Crippen LogP contribution < -0.4 is 10.1 Å². The molecule has 1 unspecified atom stereocenters. The van der Waals surface area contributed by atoms with Crippen LogP contribution in [0.3, 0.4) is 0 Å². The topological polar surface area (TPSA) is 47.6 Å². The van der Waals surface area contributed by atoms with E-state index in [2.05, 4.69) is 5.32 Å². The summed E-state index contributed by atoms with van der Waals surface area (Å²) in [6.07, 6.45) is 1.43. The van der Waals surface area contributed by atoms with Crippen LogP contribution in [-0.2, 0) is 9.53 Å². The second kappa shape index (κ2) is 5.07. The number of halogens is 1. The van der Waals surface area contributed by atoms with Crippen LogP contribution in [0.4, 0.5) is 5.69 Å². The van der Waals surface area contributed by atoms with Crippen molar-refractivity contribution in [2.45, 2.75) is 10.3 Å². The first-order valence-corrected chi connectivity index (χ1v) is 7.20. The monoisotopic (exact) mass is 309 g/mol. The van der Waals surface area contributed by atoms with Gasteiger partial charge in [-0.05, 0) is 18.2 Å². The zero-order chi connectivity index (χ0) is 14.3. The van der Waals surface area contributed by atoms with Crippen molar-refractivity contribution in [3.05, 3.63) is 40.6 Å². The number of fused-ring (bicyclic) bond motifs is 1. The van der Waals surface area contributed by atoms with Gasteiger partial charge < -0.3 is 14.8 Å². The van der Waals surface area contributed by atoms with Crippen LogP contribution in [0, 0.1) is 0 Å². The number of hydrogen-bond donors (Lipinski definition) is 1. The molecule has 1 heterocycles. The quantitative estimate of drug-likeness (QED) is 0.850. The van der Waals surface area contributed by atoms with Gasteiger partial charge in [0.15, 0.2) is 5.78 Å². The highest BCUT2D eigenvalue weighted by atomic mass is 35.5. The van der Waals surface area contributed by atoms with Gasteiger partial charge >= 0.3 is 0 Å². The van der Waals surface area contributed by atoms with E-state index in [9.17, 15) is 4.79 Å². The van der Waals surface area contributed by atoms with Crippen molar-refractivity contribution in [3.8, 4) is 5.75 Å². The van der Waals surface area contributed by atoms with Gasteiger partial charge in [-0.25, -0.2) is 0 Å². The normalized spacial score (nSPS) is 20.6. The summed E-state index contributed by atoms with van der Waals surface area (Å²) in [6.45, 7) is 0. The molecule has 0 radical (unpaired) electrons. The zero-order valence-electron chi connectivity index (χ0n) is 10.9. The van der Waals surface area contributed by atoms with E-state index in [1.54, 1.807) is 7.11 Å². The first-order chi connectivity index (χ1) is 9.63. The molecule has 0 saturated heterocycles. The number of hydrogen-bond acceptors (Lipinski definition) is 5. The molecule has 1 aliphatic carbocycles. The Labute approximate surface area is 125 Å². The predicted octanol–water partition coefficient (Wildman–Crippen LogP) is 3.14. The molecule has 1 aromatic carbocycles. The molecule has 0 bridgehead atoms. The lowest BCUT2D eigenvalue weighted by atomic mass is 10.1. The lowest BCUT2D eigenvalue weighted by Crippen LogP contribution is -2.26. The molecule has 2 aliphatic rings. The fourth-order valence-electron chi connectivity index (χ4n) is 2.11. The number of ether oxygens (including phenoxy) is 2. The third-order valence-electron chi connectivity index (χ3n) is 3.13. The Bertz CT molecular complexity index is 654. The highest BCUT2D eigenvalue weighted by Gasteiger charge is 2.34. The molecular formula is C14H12ClNO3S. The van der Waals surface area contributed by atoms with Gasteiger partial charge in [0.2, 0.25) is 0 Å². The highest BCUT2D eigenvalue weighted by molar-refractivity contribution is 8.03. The highest BCUT2D eigenvalue weighted by Crippen LogP contribution is 2.47. The third-order valence-corrected chi connectivity index (χ3v) is 4.91. The Balaban J connectivity index is 2.05. The summed E-state index contributed by atoms with van der Waals surface area (Å²) in [7, 11) is 3.15. The summed E-state index contributed by atoms with van der Waals surface area (Å²) in [5.74, 6) is 1.11. The summed E-state index contributed by atoms with van der Waals surface area (Å²) < 4.78 is 10.5. The summed E-state index contributed by atoms with van der Waals surface area (Å²) in [6, 6.07) is 5.72. The minimum atomic E-state index is -0.680. The maximum atomic E-state index is 11.9. The number of anilines is 1. The molecule has 0 fully saturated rings. The standard InChI is InChI=1S/C14H12ClNO3S/c1-18-7-3-4-8-11(5-7)20-14-12(15)9(17)6-10(19-2)13(14)16-8/h3-6,12,16H,1-2H3. The second-order valence-electron chi connectivity index (χ2n) is 4.31. The van der Waals surface area contributed by atoms with Crippen molar-refractivity contribution in [2.75, 3.05) is 19.5 Å². The van der Waals surface area contributed by atoms with Crippen LogP contribution in [0.1, 0.15) is 0 Å². The first-order valence-electron chi connectivity index (χ1n) is 5.95. The van der Waals surface area contributed by atoms with Crippen LogP contribution in [0.2, 0.25) is 0 Å². The van der Waals surface area contributed by atoms with Crippen LogP contribution in [0.15, 0.2) is 45.5 Å². The molecule has 0 amide bonds. The lowest BCUT2D eigenvalue weighted by Gasteiger charge is -2.29. The number of rotatable bonds is 2. The van der Waals surface area contributed by atoms with E-state index in [0.717, 1.165) is 26.9 Å². The lowest BCUT2D eigenvalue weighted by molar-refractivity contribution is -0.113. The summed E-state index contributed by atoms with van der Waals surface area (Å²) in [5.41, 5.74) is 1.70. The Morgan fingerprint density at radius 3 is 2.80 bits per heavy atom. The summed E-state index contributed by atoms with van der Waals surface area (Å²) in [5, 5.41) is 2.60. The Hall–Kier alpha value is -1.59. The number of methoxy groups -OCH3 is 2. The zero-order valence-corrected chi connectivity index (χ0v) is 12.5. The van der Waals surface area contributed by atoms with Gasteiger partial charge in [0, 0.05) is 15.9 Å². The van der Waals surface area contributed by atoms with Crippen molar-refractivity contribution in [1.82, 2.24) is 0 Å². The van der Waals surface area contributed by atoms with Crippen molar-refractivity contribution >= 4 is 34.8 Å². The molecule has 104 valence electrons. The Morgan fingerprint density at radius 2 is 2.10 bits per heavy atom. The van der Waals surface area contributed by atoms with Crippen LogP contribution in [0.5, 0.6) is 5.75 Å². The average Bonchev–Trinajstić information content (AvgIpc) is 2.48. The average molecular weight is 310 g/mol. The maximum absolute atomic E-state index is 11.9. The smallest absolute Gasteiger partial charge is 0.182 e. The Morgan fingerprint density at radius 1 is 1.30 bits per heavy atom. The number of thioether (sulfide) groups is 1. The summed E-state index contributed by atoms with van der Waals surface area (Å²) in [4.78, 5) is 13.6. The van der Waals surface area contributed by atoms with E-state index in [4.69, 9.17) is 21.1 Å². The van der Waals surface area contributed by atoms with E-state index in [0.29, 0.717) is 5.76 Å². The largest absolute Gasteiger partial charge is 0.497 e. The molecule has 1 N–H and O–H groups in total. The molecule has 1 aromatic rings. The summed E-state index contributed by atoms with van der Waals surface area (Å²) >= 11 is 7.67. The SMILES string of the molecule is COC1=CC(=O)C(Cl)C2=C1Nc1ccc(OC)cc1S2. The van der Waals surface area contributed by atoms with Gasteiger partial charge in [0.25, 0.3) is 0 Å². The van der Waals surface area contributed by atoms with Crippen molar-refractivity contribution in [2.24, 2.45) is 0 Å². The third kappa shape index (κ3) is 2.07. The second-order valence-corrected chi connectivity index (χ2v) is 5.83. The number of alkyl halides is 1. The van der Waals surface area contributed by atoms with Crippen molar-refractivity contribution in [3.63, 3.8) is 0 Å².